The number of carboxylic acids is 1. The lowest BCUT2D eigenvalue weighted by Crippen LogP contribution is -2.51. The molecule has 0 spiro atoms. The van der Waals surface area contributed by atoms with Gasteiger partial charge in [-0.1, -0.05) is 50.6 Å². The monoisotopic (exact) mass is 436 g/mol. The van der Waals surface area contributed by atoms with E-state index >= 15 is 0 Å². The molecule has 0 aliphatic heterocycles. The zero-order valence-electron chi connectivity index (χ0n) is 17.8. The first-order chi connectivity index (χ1) is 15.3. The lowest BCUT2D eigenvalue weighted by atomic mass is 9.97. The van der Waals surface area contributed by atoms with Crippen molar-refractivity contribution in [3.63, 3.8) is 0 Å². The molecule has 2 atom stereocenters. The highest BCUT2D eigenvalue weighted by Crippen LogP contribution is 2.22. The molecule has 0 aliphatic carbocycles. The number of carboxylic acid groups (broad SMARTS) is 1. The second kappa shape index (κ2) is 9.91. The molecule has 0 aliphatic rings. The third-order valence-corrected chi connectivity index (χ3v) is 5.27. The summed E-state index contributed by atoms with van der Waals surface area (Å²) in [6.07, 6.45) is 0.601. The maximum absolute atomic E-state index is 12.9. The minimum atomic E-state index is -1.17. The van der Waals surface area contributed by atoms with Crippen LogP contribution in [0.2, 0.25) is 0 Å². The van der Waals surface area contributed by atoms with Crippen LogP contribution >= 0.6 is 0 Å². The van der Waals surface area contributed by atoms with Crippen molar-refractivity contribution in [1.82, 2.24) is 10.6 Å². The Hall–Kier alpha value is -3.94. The van der Waals surface area contributed by atoms with E-state index in [4.69, 9.17) is 9.52 Å². The number of amides is 2. The molecule has 8 heteroatoms. The Morgan fingerprint density at radius 2 is 1.81 bits per heavy atom. The van der Waals surface area contributed by atoms with Gasteiger partial charge in [0.1, 0.15) is 18.2 Å². The molecule has 1 aromatic heterocycles. The molecule has 1 heterocycles. The fraction of sp³-hybridized carbons (Fsp3) is 0.250. The molecule has 0 saturated carbocycles. The van der Waals surface area contributed by atoms with Gasteiger partial charge in [-0.25, -0.2) is 4.79 Å². The van der Waals surface area contributed by atoms with E-state index in [-0.39, 0.29) is 11.5 Å². The standard InChI is InChI=1S/C24H24N2O6/c1-3-14(2)21(23(30)25-13-20(27)28)26-22(29)17-9-6-8-15(11-17)18-12-16-7-4-5-10-19(16)32-24(18)31/h4-12,14,21H,3,13H2,1-2H3,(H,25,30)(H,26,29)(H,27,28). The topological polar surface area (TPSA) is 126 Å². The molecule has 3 N–H and O–H groups in total. The number of hydrogen-bond acceptors (Lipinski definition) is 5. The normalized spacial score (nSPS) is 12.7. The molecule has 2 amide bonds. The number of carbonyl (C=O) groups is 3. The molecular formula is C24H24N2O6. The van der Waals surface area contributed by atoms with Crippen molar-refractivity contribution in [3.05, 3.63) is 70.6 Å². The van der Waals surface area contributed by atoms with E-state index in [1.807, 2.05) is 19.1 Å². The summed E-state index contributed by atoms with van der Waals surface area (Å²) in [4.78, 5) is 48.5. The minimum Gasteiger partial charge on any atom is -0.480 e. The van der Waals surface area contributed by atoms with Crippen LogP contribution in [0.1, 0.15) is 30.6 Å². The van der Waals surface area contributed by atoms with Crippen molar-refractivity contribution in [2.24, 2.45) is 5.92 Å². The number of benzene rings is 2. The molecule has 0 fully saturated rings. The SMILES string of the molecule is CCC(C)C(NC(=O)c1cccc(-c2cc3ccccc3oc2=O)c1)C(=O)NCC(=O)O. The average Bonchev–Trinajstić information content (AvgIpc) is 2.79. The summed E-state index contributed by atoms with van der Waals surface area (Å²) in [6, 6.07) is 14.4. The van der Waals surface area contributed by atoms with Gasteiger partial charge in [-0.15, -0.1) is 0 Å². The van der Waals surface area contributed by atoms with Gasteiger partial charge in [0.05, 0.1) is 5.56 Å². The molecule has 0 radical (unpaired) electrons. The van der Waals surface area contributed by atoms with Crippen LogP contribution in [0.15, 0.2) is 63.8 Å². The summed E-state index contributed by atoms with van der Waals surface area (Å²) in [7, 11) is 0. The molecule has 2 unspecified atom stereocenters. The maximum atomic E-state index is 12.9. The van der Waals surface area contributed by atoms with E-state index in [0.29, 0.717) is 23.1 Å². The van der Waals surface area contributed by atoms with E-state index in [9.17, 15) is 19.2 Å². The third-order valence-electron chi connectivity index (χ3n) is 5.27. The Morgan fingerprint density at radius 3 is 2.53 bits per heavy atom. The zero-order valence-corrected chi connectivity index (χ0v) is 17.8. The van der Waals surface area contributed by atoms with Crippen LogP contribution in [0.3, 0.4) is 0 Å². The zero-order chi connectivity index (χ0) is 23.3. The number of para-hydroxylation sites is 1. The third kappa shape index (κ3) is 5.21. The van der Waals surface area contributed by atoms with Gasteiger partial charge in [-0.05, 0) is 35.7 Å². The van der Waals surface area contributed by atoms with Crippen molar-refractivity contribution in [3.8, 4) is 11.1 Å². The predicted molar refractivity (Wildman–Crippen MR) is 119 cm³/mol. The van der Waals surface area contributed by atoms with E-state index in [1.165, 1.54) is 0 Å². The first-order valence-electron chi connectivity index (χ1n) is 10.2. The number of rotatable bonds is 8. The highest BCUT2D eigenvalue weighted by atomic mass is 16.4. The van der Waals surface area contributed by atoms with Gasteiger partial charge in [0.2, 0.25) is 5.91 Å². The number of aliphatic carboxylic acids is 1. The van der Waals surface area contributed by atoms with Gasteiger partial charge in [-0.3, -0.25) is 14.4 Å². The van der Waals surface area contributed by atoms with Crippen LogP contribution in [-0.2, 0) is 9.59 Å². The minimum absolute atomic E-state index is 0.219. The van der Waals surface area contributed by atoms with Gasteiger partial charge in [0.15, 0.2) is 0 Å². The molecular weight excluding hydrogens is 412 g/mol. The molecule has 3 aromatic rings. The molecule has 3 rings (SSSR count). The average molecular weight is 436 g/mol. The number of nitrogens with one attached hydrogen (secondary N) is 2. The number of fused-ring (bicyclic) bond motifs is 1. The maximum Gasteiger partial charge on any atom is 0.344 e. The van der Waals surface area contributed by atoms with Crippen molar-refractivity contribution >= 4 is 28.8 Å². The highest BCUT2D eigenvalue weighted by Gasteiger charge is 2.26. The Balaban J connectivity index is 1.87. The first kappa shape index (κ1) is 22.7. The van der Waals surface area contributed by atoms with Gasteiger partial charge < -0.3 is 20.2 Å². The first-order valence-corrected chi connectivity index (χ1v) is 10.2. The van der Waals surface area contributed by atoms with Crippen LogP contribution in [0, 0.1) is 5.92 Å². The van der Waals surface area contributed by atoms with Crippen LogP contribution in [0.5, 0.6) is 0 Å². The molecule has 0 bridgehead atoms. The van der Waals surface area contributed by atoms with E-state index < -0.39 is 36.0 Å². The largest absolute Gasteiger partial charge is 0.480 e. The molecule has 166 valence electrons. The van der Waals surface area contributed by atoms with Crippen LogP contribution in [0.25, 0.3) is 22.1 Å². The fourth-order valence-corrected chi connectivity index (χ4v) is 3.29. The highest BCUT2D eigenvalue weighted by molar-refractivity contribution is 5.99. The van der Waals surface area contributed by atoms with Gasteiger partial charge in [0, 0.05) is 10.9 Å². The smallest absolute Gasteiger partial charge is 0.344 e. The second-order valence-electron chi connectivity index (χ2n) is 7.51. The van der Waals surface area contributed by atoms with Crippen LogP contribution in [0.4, 0.5) is 0 Å². The molecule has 2 aromatic carbocycles. The van der Waals surface area contributed by atoms with Gasteiger partial charge in [-0.2, -0.15) is 0 Å². The summed E-state index contributed by atoms with van der Waals surface area (Å²) in [5.41, 5.74) is 1.03. The van der Waals surface area contributed by atoms with Gasteiger partial charge >= 0.3 is 11.6 Å². The van der Waals surface area contributed by atoms with E-state index in [1.54, 1.807) is 49.4 Å². The van der Waals surface area contributed by atoms with Crippen molar-refractivity contribution in [1.29, 1.82) is 0 Å². The molecule has 32 heavy (non-hydrogen) atoms. The Labute approximate surface area is 184 Å². The lowest BCUT2D eigenvalue weighted by molar-refractivity contribution is -0.138. The van der Waals surface area contributed by atoms with E-state index in [0.717, 1.165) is 5.39 Å². The fourth-order valence-electron chi connectivity index (χ4n) is 3.29. The van der Waals surface area contributed by atoms with E-state index in [2.05, 4.69) is 10.6 Å². The molecule has 8 nitrogen and oxygen atoms in total. The summed E-state index contributed by atoms with van der Waals surface area (Å²) < 4.78 is 5.38. The second-order valence-corrected chi connectivity index (χ2v) is 7.51. The Bertz CT molecular complexity index is 1220. The number of carbonyl (C=O) groups excluding carboxylic acids is 2. The van der Waals surface area contributed by atoms with Crippen LogP contribution < -0.4 is 16.3 Å². The van der Waals surface area contributed by atoms with Gasteiger partial charge in [0.25, 0.3) is 5.91 Å². The van der Waals surface area contributed by atoms with Crippen molar-refractivity contribution < 1.29 is 23.9 Å². The Morgan fingerprint density at radius 1 is 1.06 bits per heavy atom. The number of hydrogen-bond donors (Lipinski definition) is 3. The van der Waals surface area contributed by atoms with Crippen molar-refractivity contribution in [2.75, 3.05) is 6.54 Å². The van der Waals surface area contributed by atoms with Crippen molar-refractivity contribution in [2.45, 2.75) is 26.3 Å². The summed E-state index contributed by atoms with van der Waals surface area (Å²) in [5.74, 6) is -2.47. The molecule has 0 saturated heterocycles. The predicted octanol–water partition coefficient (Wildman–Crippen LogP) is 2.81. The summed E-state index contributed by atoms with van der Waals surface area (Å²) in [6.45, 7) is 3.13. The quantitative estimate of drug-likeness (QED) is 0.466. The summed E-state index contributed by atoms with van der Waals surface area (Å²) in [5, 5.41) is 14.5. The Kier molecular flexibility index (Phi) is 7.04. The van der Waals surface area contributed by atoms with Crippen LogP contribution in [-0.4, -0.2) is 35.5 Å². The summed E-state index contributed by atoms with van der Waals surface area (Å²) >= 11 is 0. The lowest BCUT2D eigenvalue weighted by Gasteiger charge is -2.23.